The third kappa shape index (κ3) is 6.31. The van der Waals surface area contributed by atoms with Crippen LogP contribution in [0.1, 0.15) is 104 Å². The number of hydrogen-bond acceptors (Lipinski definition) is 2. The average molecular weight is 810 g/mol. The number of hydrogen-bond donors (Lipinski definition) is 0. The third-order valence-electron chi connectivity index (χ3n) is 13.5. The van der Waals surface area contributed by atoms with E-state index in [1.54, 1.807) is 0 Å². The molecular formula is C59H59N3. The van der Waals surface area contributed by atoms with Crippen LogP contribution in [0, 0.1) is 0 Å². The zero-order valence-corrected chi connectivity index (χ0v) is 38.4. The van der Waals surface area contributed by atoms with Crippen LogP contribution in [-0.2, 0) is 21.7 Å². The number of benzene rings is 7. The predicted octanol–water partition coefficient (Wildman–Crippen LogP) is 16.8. The van der Waals surface area contributed by atoms with Gasteiger partial charge in [-0.2, -0.15) is 0 Å². The summed E-state index contributed by atoms with van der Waals surface area (Å²) in [6.45, 7) is 25.6. The van der Waals surface area contributed by atoms with Gasteiger partial charge in [-0.15, -0.1) is 0 Å². The fourth-order valence-corrected chi connectivity index (χ4v) is 10.1. The number of rotatable bonds is 6. The highest BCUT2D eigenvalue weighted by Gasteiger charge is 2.42. The van der Waals surface area contributed by atoms with Crippen molar-refractivity contribution < 1.29 is 0 Å². The molecule has 1 aliphatic carbocycles. The maximum Gasteiger partial charge on any atom is 0.0617 e. The SMILES string of the molecule is CC(C)(C)c1ccc(N(c2ccccc2)c2ccc3c(c2)C(C)(C)c2c-3n3c4ccc(N(c5ccccc5)c5ccc(C(C)(C)C)cc5)cc4c4cc(C(C)(C)C)cc2c43)cc1. The Bertz CT molecular complexity index is 3110. The van der Waals surface area contributed by atoms with Crippen LogP contribution in [0.25, 0.3) is 38.4 Å². The molecule has 3 nitrogen and oxygen atoms in total. The van der Waals surface area contributed by atoms with Crippen molar-refractivity contribution in [3.63, 3.8) is 0 Å². The molecule has 2 aromatic heterocycles. The molecule has 0 radical (unpaired) electrons. The van der Waals surface area contributed by atoms with E-state index >= 15 is 0 Å². The second kappa shape index (κ2) is 13.8. The number of aromatic nitrogens is 1. The van der Waals surface area contributed by atoms with Gasteiger partial charge in [-0.1, -0.05) is 143 Å². The van der Waals surface area contributed by atoms with Crippen molar-refractivity contribution in [2.75, 3.05) is 9.80 Å². The second-order valence-electron chi connectivity index (χ2n) is 21.2. The molecule has 0 saturated carbocycles. The van der Waals surface area contributed by atoms with Gasteiger partial charge in [-0.25, -0.2) is 0 Å². The summed E-state index contributed by atoms with van der Waals surface area (Å²) in [5.41, 5.74) is 18.8. The molecule has 9 aromatic rings. The fourth-order valence-electron chi connectivity index (χ4n) is 10.1. The van der Waals surface area contributed by atoms with E-state index in [9.17, 15) is 0 Å². The summed E-state index contributed by atoms with van der Waals surface area (Å²) in [5.74, 6) is 0. The Balaban J connectivity index is 1.18. The summed E-state index contributed by atoms with van der Waals surface area (Å²) in [6.07, 6.45) is 0. The molecule has 310 valence electrons. The van der Waals surface area contributed by atoms with Gasteiger partial charge in [0.25, 0.3) is 0 Å². The molecule has 0 atom stereocenters. The van der Waals surface area contributed by atoms with Gasteiger partial charge in [0.05, 0.1) is 16.7 Å². The Kier molecular flexibility index (Phi) is 8.89. The van der Waals surface area contributed by atoms with Crippen molar-refractivity contribution in [2.45, 2.75) is 97.8 Å². The van der Waals surface area contributed by atoms with Gasteiger partial charge in [0.15, 0.2) is 0 Å². The van der Waals surface area contributed by atoms with Crippen LogP contribution in [0.4, 0.5) is 34.1 Å². The summed E-state index contributed by atoms with van der Waals surface area (Å²) < 4.78 is 2.60. The Hall–Kier alpha value is -6.32. The van der Waals surface area contributed by atoms with Crippen LogP contribution < -0.4 is 9.80 Å². The van der Waals surface area contributed by atoms with E-state index in [1.807, 2.05) is 0 Å². The molecule has 0 spiro atoms. The lowest BCUT2D eigenvalue weighted by molar-refractivity contribution is 0.590. The molecule has 0 bridgehead atoms. The largest absolute Gasteiger partial charge is 0.310 e. The summed E-state index contributed by atoms with van der Waals surface area (Å²) in [6, 6.07) is 59.2. The molecular weight excluding hydrogens is 751 g/mol. The van der Waals surface area contributed by atoms with Gasteiger partial charge >= 0.3 is 0 Å². The second-order valence-corrected chi connectivity index (χ2v) is 21.2. The highest BCUT2D eigenvalue weighted by molar-refractivity contribution is 6.19. The van der Waals surface area contributed by atoms with Crippen LogP contribution in [0.15, 0.2) is 158 Å². The summed E-state index contributed by atoms with van der Waals surface area (Å²) in [4.78, 5) is 4.82. The first-order valence-electron chi connectivity index (χ1n) is 22.4. The first-order valence-corrected chi connectivity index (χ1v) is 22.4. The van der Waals surface area contributed by atoms with Gasteiger partial charge in [0.1, 0.15) is 0 Å². The van der Waals surface area contributed by atoms with Crippen molar-refractivity contribution in [1.82, 2.24) is 4.40 Å². The minimum atomic E-state index is -0.239. The van der Waals surface area contributed by atoms with Crippen LogP contribution in [0.3, 0.4) is 0 Å². The van der Waals surface area contributed by atoms with Gasteiger partial charge < -0.3 is 14.2 Å². The van der Waals surface area contributed by atoms with Crippen LogP contribution in [-0.4, -0.2) is 4.40 Å². The first kappa shape index (κ1) is 39.8. The van der Waals surface area contributed by atoms with E-state index in [0.29, 0.717) is 0 Å². The molecule has 0 aliphatic heterocycles. The Morgan fingerprint density at radius 3 is 1.34 bits per heavy atom. The molecule has 2 heterocycles. The lowest BCUT2D eigenvalue weighted by Gasteiger charge is -2.29. The lowest BCUT2D eigenvalue weighted by atomic mass is 9.79. The Labute approximate surface area is 368 Å². The first-order chi connectivity index (χ1) is 29.4. The van der Waals surface area contributed by atoms with Gasteiger partial charge in [0.2, 0.25) is 0 Å². The van der Waals surface area contributed by atoms with Crippen molar-refractivity contribution in [1.29, 1.82) is 0 Å². The van der Waals surface area contributed by atoms with Crippen molar-refractivity contribution in [3.8, 4) is 11.3 Å². The van der Waals surface area contributed by atoms with E-state index in [4.69, 9.17) is 0 Å². The summed E-state index contributed by atoms with van der Waals surface area (Å²) >= 11 is 0. The third-order valence-corrected chi connectivity index (χ3v) is 13.5. The lowest BCUT2D eigenvalue weighted by Crippen LogP contribution is -2.17. The minimum Gasteiger partial charge on any atom is -0.310 e. The highest BCUT2D eigenvalue weighted by Crippen LogP contribution is 2.57. The van der Waals surface area contributed by atoms with Crippen molar-refractivity contribution >= 4 is 61.3 Å². The molecule has 0 fully saturated rings. The molecule has 3 heteroatoms. The monoisotopic (exact) mass is 809 g/mol. The zero-order valence-electron chi connectivity index (χ0n) is 38.4. The Morgan fingerprint density at radius 2 is 0.839 bits per heavy atom. The molecule has 0 saturated heterocycles. The van der Waals surface area contributed by atoms with Gasteiger partial charge in [-0.3, -0.25) is 0 Å². The standard InChI is InChI=1S/C59H59N3/c1-56(2,3)38-22-26-43(27-23-38)60(41-18-14-12-15-19-41)45-31-33-52-48(36-45)49-34-40(58(7,8)9)35-50-53-55(62(52)54(49)50)47-32-30-46(37-51(47)59(53,10)11)61(42-20-16-13-17-21-42)44-28-24-39(25-29-44)57(4,5)6/h12-37H,1-11H3. The number of anilines is 6. The highest BCUT2D eigenvalue weighted by atomic mass is 15.1. The summed E-state index contributed by atoms with van der Waals surface area (Å²) in [7, 11) is 0. The normalized spacial score (nSPS) is 13.9. The maximum absolute atomic E-state index is 2.60. The quantitative estimate of drug-likeness (QED) is 0.166. The van der Waals surface area contributed by atoms with E-state index in [2.05, 4.69) is 248 Å². The molecule has 10 rings (SSSR count). The average Bonchev–Trinajstić information content (AvgIpc) is 3.84. The molecule has 0 amide bonds. The Morgan fingerprint density at radius 1 is 0.403 bits per heavy atom. The molecule has 0 N–H and O–H groups in total. The minimum absolute atomic E-state index is 0.0353. The number of nitrogens with zero attached hydrogens (tertiary/aromatic N) is 3. The molecule has 0 unspecified atom stereocenters. The summed E-state index contributed by atoms with van der Waals surface area (Å²) in [5, 5.41) is 3.96. The predicted molar refractivity (Wildman–Crippen MR) is 267 cm³/mol. The zero-order chi connectivity index (χ0) is 43.5. The maximum atomic E-state index is 2.60. The van der Waals surface area contributed by atoms with Gasteiger partial charge in [0, 0.05) is 61.3 Å². The van der Waals surface area contributed by atoms with E-state index < -0.39 is 0 Å². The fraction of sp³-hybridized carbons (Fsp3) is 0.254. The topological polar surface area (TPSA) is 10.9 Å². The smallest absolute Gasteiger partial charge is 0.0617 e. The molecule has 7 aromatic carbocycles. The van der Waals surface area contributed by atoms with Crippen molar-refractivity contribution in [2.24, 2.45) is 0 Å². The van der Waals surface area contributed by atoms with Gasteiger partial charge in [-0.05, 0) is 135 Å². The molecule has 1 aliphatic rings. The van der Waals surface area contributed by atoms with Crippen LogP contribution in [0.2, 0.25) is 0 Å². The van der Waals surface area contributed by atoms with E-state index in [-0.39, 0.29) is 21.7 Å². The van der Waals surface area contributed by atoms with Crippen LogP contribution >= 0.6 is 0 Å². The number of para-hydroxylation sites is 2. The van der Waals surface area contributed by atoms with Crippen molar-refractivity contribution in [3.05, 3.63) is 186 Å². The van der Waals surface area contributed by atoms with E-state index in [0.717, 1.165) is 28.4 Å². The molecule has 62 heavy (non-hydrogen) atoms. The van der Waals surface area contributed by atoms with Crippen LogP contribution in [0.5, 0.6) is 0 Å². The number of fused-ring (bicyclic) bond motifs is 8. The van der Waals surface area contributed by atoms with E-state index in [1.165, 1.54) is 72.0 Å².